The van der Waals surface area contributed by atoms with E-state index in [1.807, 2.05) is 41.3 Å². The Morgan fingerprint density at radius 1 is 1.21 bits per heavy atom. The first kappa shape index (κ1) is 19.4. The number of aromatic nitrogens is 1. The van der Waals surface area contributed by atoms with Crippen molar-refractivity contribution in [2.75, 3.05) is 31.2 Å². The maximum absolute atomic E-state index is 12.7. The fourth-order valence-corrected chi connectivity index (χ4v) is 4.25. The lowest BCUT2D eigenvalue weighted by Crippen LogP contribution is -2.56. The quantitative estimate of drug-likeness (QED) is 0.807. The number of nitrogens with two attached hydrogens (primary N) is 1. The van der Waals surface area contributed by atoms with Gasteiger partial charge in [0.15, 0.2) is 0 Å². The molecule has 4 rings (SSSR count). The lowest BCUT2D eigenvalue weighted by Gasteiger charge is -2.41. The Balaban J connectivity index is 1.30. The van der Waals surface area contributed by atoms with Crippen molar-refractivity contribution in [3.8, 4) is 6.07 Å². The second-order valence-electron chi connectivity index (χ2n) is 7.64. The van der Waals surface area contributed by atoms with E-state index >= 15 is 0 Å². The molecule has 2 saturated heterocycles. The molecule has 2 aliphatic rings. The predicted octanol–water partition coefficient (Wildman–Crippen LogP) is 1.85. The molecule has 1 aromatic heterocycles. The second-order valence-corrected chi connectivity index (χ2v) is 7.64. The molecule has 0 aliphatic carbocycles. The number of pyridine rings is 1. The summed E-state index contributed by atoms with van der Waals surface area (Å²) in [7, 11) is 0. The highest BCUT2D eigenvalue weighted by atomic mass is 16.5. The van der Waals surface area contributed by atoms with Crippen LogP contribution in [0, 0.1) is 11.3 Å². The zero-order chi connectivity index (χ0) is 20.2. The SMILES string of the molecule is N#Cc1ccc(N2C3CCC2CN(C(=O)COC[C@@H](N)c2ccccc2)C3)nc1. The number of piperazine rings is 1. The number of rotatable bonds is 6. The third-order valence-electron chi connectivity index (χ3n) is 5.73. The molecule has 7 nitrogen and oxygen atoms in total. The van der Waals surface area contributed by atoms with Gasteiger partial charge < -0.3 is 20.3 Å². The lowest BCUT2D eigenvalue weighted by atomic mass is 10.1. The third-order valence-corrected chi connectivity index (χ3v) is 5.73. The first-order valence-corrected chi connectivity index (χ1v) is 9.96. The molecule has 2 aromatic rings. The largest absolute Gasteiger partial charge is 0.370 e. The molecule has 3 heterocycles. The van der Waals surface area contributed by atoms with Crippen LogP contribution >= 0.6 is 0 Å². The Morgan fingerprint density at radius 2 is 1.93 bits per heavy atom. The molecule has 2 fully saturated rings. The lowest BCUT2D eigenvalue weighted by molar-refractivity contribution is -0.137. The first-order valence-electron chi connectivity index (χ1n) is 9.96. The molecule has 1 amide bonds. The highest BCUT2D eigenvalue weighted by Crippen LogP contribution is 2.33. The van der Waals surface area contributed by atoms with Gasteiger partial charge in [0.25, 0.3) is 0 Å². The van der Waals surface area contributed by atoms with Gasteiger partial charge in [-0.15, -0.1) is 0 Å². The van der Waals surface area contributed by atoms with Gasteiger partial charge >= 0.3 is 0 Å². The Bertz CT molecular complexity index is 866. The van der Waals surface area contributed by atoms with Crippen molar-refractivity contribution in [2.45, 2.75) is 31.0 Å². The van der Waals surface area contributed by atoms with E-state index in [2.05, 4.69) is 16.0 Å². The third kappa shape index (κ3) is 4.24. The van der Waals surface area contributed by atoms with Crippen molar-refractivity contribution in [1.29, 1.82) is 5.26 Å². The summed E-state index contributed by atoms with van der Waals surface area (Å²) in [5, 5.41) is 8.95. The standard InChI is InChI=1S/C22H25N5O2/c23-10-16-6-9-21(25-11-16)27-18-7-8-19(27)13-26(12-18)22(28)15-29-14-20(24)17-4-2-1-3-5-17/h1-6,9,11,18-20H,7-8,12-15,24H2/t18?,19?,20-/m1/s1. The molecule has 0 spiro atoms. The van der Waals surface area contributed by atoms with Gasteiger partial charge in [-0.2, -0.15) is 5.26 Å². The molecule has 29 heavy (non-hydrogen) atoms. The van der Waals surface area contributed by atoms with Crippen LogP contribution in [0.4, 0.5) is 5.82 Å². The van der Waals surface area contributed by atoms with Gasteiger partial charge in [0.05, 0.1) is 18.2 Å². The summed E-state index contributed by atoms with van der Waals surface area (Å²) in [6.07, 6.45) is 3.68. The number of hydrogen-bond donors (Lipinski definition) is 1. The van der Waals surface area contributed by atoms with Gasteiger partial charge in [0, 0.05) is 31.4 Å². The second kappa shape index (κ2) is 8.60. The summed E-state index contributed by atoms with van der Waals surface area (Å²) < 4.78 is 5.62. The number of benzene rings is 1. The number of anilines is 1. The van der Waals surface area contributed by atoms with Crippen LogP contribution in [0.3, 0.4) is 0 Å². The molecule has 0 radical (unpaired) electrons. The van der Waals surface area contributed by atoms with Crippen molar-refractivity contribution < 1.29 is 9.53 Å². The number of nitriles is 1. The Morgan fingerprint density at radius 3 is 2.55 bits per heavy atom. The van der Waals surface area contributed by atoms with E-state index < -0.39 is 0 Å². The van der Waals surface area contributed by atoms with E-state index in [-0.39, 0.29) is 30.6 Å². The van der Waals surface area contributed by atoms with Crippen LogP contribution in [0.25, 0.3) is 0 Å². The van der Waals surface area contributed by atoms with Gasteiger partial charge in [-0.05, 0) is 30.5 Å². The molecule has 150 valence electrons. The Hall–Kier alpha value is -2.95. The van der Waals surface area contributed by atoms with E-state index in [1.165, 1.54) is 0 Å². The summed E-state index contributed by atoms with van der Waals surface area (Å²) >= 11 is 0. The molecular formula is C22H25N5O2. The maximum atomic E-state index is 12.7. The zero-order valence-corrected chi connectivity index (χ0v) is 16.3. The number of likely N-dealkylation sites (tertiary alicyclic amines) is 1. The Kier molecular flexibility index (Phi) is 5.74. The molecule has 1 aromatic carbocycles. The summed E-state index contributed by atoms with van der Waals surface area (Å²) in [5.41, 5.74) is 7.69. The molecule has 7 heteroatoms. The smallest absolute Gasteiger partial charge is 0.248 e. The summed E-state index contributed by atoms with van der Waals surface area (Å²) in [5.74, 6) is 0.892. The monoisotopic (exact) mass is 391 g/mol. The number of fused-ring (bicyclic) bond motifs is 2. The Labute approximate surface area is 170 Å². The first-order chi connectivity index (χ1) is 14.2. The van der Waals surface area contributed by atoms with Crippen molar-refractivity contribution in [2.24, 2.45) is 5.73 Å². The van der Waals surface area contributed by atoms with E-state index in [0.29, 0.717) is 25.3 Å². The molecule has 0 saturated carbocycles. The number of hydrogen-bond acceptors (Lipinski definition) is 6. The molecule has 2 unspecified atom stereocenters. The number of carbonyl (C=O) groups is 1. The summed E-state index contributed by atoms with van der Waals surface area (Å²) in [6, 6.07) is 15.8. The van der Waals surface area contributed by atoms with E-state index in [4.69, 9.17) is 15.7 Å². The normalized spacial score (nSPS) is 21.7. The van der Waals surface area contributed by atoms with E-state index in [1.54, 1.807) is 12.3 Å². The van der Waals surface area contributed by atoms with Crippen molar-refractivity contribution in [1.82, 2.24) is 9.88 Å². The molecule has 2 N–H and O–H groups in total. The van der Waals surface area contributed by atoms with Crippen molar-refractivity contribution in [3.05, 3.63) is 59.8 Å². The van der Waals surface area contributed by atoms with Crippen LogP contribution in [0.5, 0.6) is 0 Å². The molecule has 3 atom stereocenters. The van der Waals surface area contributed by atoms with Crippen molar-refractivity contribution >= 4 is 11.7 Å². The fraction of sp³-hybridized carbons (Fsp3) is 0.409. The minimum absolute atomic E-state index is 0.00889. The van der Waals surface area contributed by atoms with E-state index in [9.17, 15) is 4.79 Å². The zero-order valence-electron chi connectivity index (χ0n) is 16.3. The number of carbonyl (C=O) groups excluding carboxylic acids is 1. The van der Waals surface area contributed by atoms with Crippen LogP contribution < -0.4 is 10.6 Å². The average molecular weight is 391 g/mol. The van der Waals surface area contributed by atoms with Gasteiger partial charge in [-0.25, -0.2) is 4.98 Å². The fourth-order valence-electron chi connectivity index (χ4n) is 4.25. The topological polar surface area (TPSA) is 95.5 Å². The molecular weight excluding hydrogens is 366 g/mol. The van der Waals surface area contributed by atoms with Gasteiger partial charge in [-0.1, -0.05) is 30.3 Å². The minimum atomic E-state index is -0.237. The molecule has 2 aliphatic heterocycles. The van der Waals surface area contributed by atoms with Crippen LogP contribution in [-0.4, -0.2) is 54.2 Å². The number of amides is 1. The van der Waals surface area contributed by atoms with Gasteiger partial charge in [0.1, 0.15) is 18.5 Å². The average Bonchev–Trinajstić information content (AvgIpc) is 3.03. The maximum Gasteiger partial charge on any atom is 0.248 e. The van der Waals surface area contributed by atoms with Crippen LogP contribution in [0.15, 0.2) is 48.7 Å². The predicted molar refractivity (Wildman–Crippen MR) is 109 cm³/mol. The van der Waals surface area contributed by atoms with Crippen LogP contribution in [0.1, 0.15) is 30.0 Å². The number of ether oxygens (including phenoxy) is 1. The van der Waals surface area contributed by atoms with Crippen LogP contribution in [0.2, 0.25) is 0 Å². The van der Waals surface area contributed by atoms with Gasteiger partial charge in [0.2, 0.25) is 5.91 Å². The van der Waals surface area contributed by atoms with E-state index in [0.717, 1.165) is 24.2 Å². The highest BCUT2D eigenvalue weighted by Gasteiger charge is 2.41. The number of nitrogens with zero attached hydrogens (tertiary/aromatic N) is 4. The van der Waals surface area contributed by atoms with Crippen LogP contribution in [-0.2, 0) is 9.53 Å². The van der Waals surface area contributed by atoms with Crippen molar-refractivity contribution in [3.63, 3.8) is 0 Å². The summed E-state index contributed by atoms with van der Waals surface area (Å²) in [4.78, 5) is 21.3. The minimum Gasteiger partial charge on any atom is -0.370 e. The van der Waals surface area contributed by atoms with Gasteiger partial charge in [-0.3, -0.25) is 4.79 Å². The highest BCUT2D eigenvalue weighted by molar-refractivity contribution is 5.78. The summed E-state index contributed by atoms with van der Waals surface area (Å²) in [6.45, 7) is 1.71. The molecule has 2 bridgehead atoms.